The number of nitrogens with zero attached hydrogens (tertiary/aromatic N) is 2. The van der Waals surface area contributed by atoms with E-state index in [-0.39, 0.29) is 11.6 Å². The maximum Gasteiger partial charge on any atom is 0.270 e. The van der Waals surface area contributed by atoms with Crippen molar-refractivity contribution in [2.45, 2.75) is 72.3 Å². The number of anilines is 2. The van der Waals surface area contributed by atoms with E-state index in [1.54, 1.807) is 6.07 Å². The maximum atomic E-state index is 14.0. The minimum absolute atomic E-state index is 0.0187. The van der Waals surface area contributed by atoms with Crippen LogP contribution < -0.4 is 10.2 Å². The highest BCUT2D eigenvalue weighted by Crippen LogP contribution is 2.33. The summed E-state index contributed by atoms with van der Waals surface area (Å²) in [5.41, 5.74) is 4.56. The summed E-state index contributed by atoms with van der Waals surface area (Å²) in [7, 11) is 0. The van der Waals surface area contributed by atoms with Crippen LogP contribution in [-0.2, 0) is 12.3 Å². The molecule has 0 aliphatic carbocycles. The first-order valence-electron chi connectivity index (χ1n) is 12.5. The molecule has 0 saturated carbocycles. The van der Waals surface area contributed by atoms with Gasteiger partial charge in [0.25, 0.3) is 5.92 Å². The topological polar surface area (TPSA) is 28.2 Å². The molecule has 3 aromatic rings. The van der Waals surface area contributed by atoms with Gasteiger partial charge < -0.3 is 10.2 Å². The second-order valence-electron chi connectivity index (χ2n) is 9.15. The summed E-state index contributed by atoms with van der Waals surface area (Å²) in [5, 5.41) is 3.47. The first-order valence-corrected chi connectivity index (χ1v) is 12.5. The van der Waals surface area contributed by atoms with Crippen molar-refractivity contribution < 1.29 is 8.78 Å². The van der Waals surface area contributed by atoms with Crippen LogP contribution in [0.5, 0.6) is 0 Å². The van der Waals surface area contributed by atoms with E-state index in [2.05, 4.69) is 61.8 Å². The van der Waals surface area contributed by atoms with Gasteiger partial charge in [0.05, 0.1) is 5.69 Å². The van der Waals surface area contributed by atoms with Crippen molar-refractivity contribution >= 4 is 11.5 Å². The third-order valence-corrected chi connectivity index (χ3v) is 6.36. The highest BCUT2D eigenvalue weighted by Gasteiger charge is 2.26. The standard InChI is InChI=1S/C30H37F2N3/c1-7-11-27(9-3)35(22(5)33-26-17-15-23(8-2)16-18-26)29-21(4)14-19-28(34-29)24-12-10-13-25(20-24)30(6,31)32/h10,12-20,27,33H,5,7-9,11H2,1-4,6H3. The summed E-state index contributed by atoms with van der Waals surface area (Å²) in [5.74, 6) is -1.37. The SMILES string of the molecule is C=C(Nc1ccc(CC)cc1)N(c1nc(-c2cccc(C(C)(F)F)c2)ccc1C)C(CC)CCC. The maximum absolute atomic E-state index is 14.0. The zero-order valence-corrected chi connectivity index (χ0v) is 21.5. The van der Waals surface area contributed by atoms with Crippen LogP contribution in [0.2, 0.25) is 0 Å². The molecule has 3 nitrogen and oxygen atoms in total. The smallest absolute Gasteiger partial charge is 0.270 e. The lowest BCUT2D eigenvalue weighted by atomic mass is 10.0. The summed E-state index contributed by atoms with van der Waals surface area (Å²) in [4.78, 5) is 7.16. The van der Waals surface area contributed by atoms with Gasteiger partial charge in [0.2, 0.25) is 0 Å². The number of pyridine rings is 1. The Hall–Kier alpha value is -3.21. The average Bonchev–Trinajstić information content (AvgIpc) is 2.84. The van der Waals surface area contributed by atoms with Crippen LogP contribution >= 0.6 is 0 Å². The summed E-state index contributed by atoms with van der Waals surface area (Å²) in [6, 6.07) is 18.9. The molecule has 1 unspecified atom stereocenters. The predicted molar refractivity (Wildman–Crippen MR) is 144 cm³/mol. The van der Waals surface area contributed by atoms with E-state index in [0.29, 0.717) is 11.3 Å². The predicted octanol–water partition coefficient (Wildman–Crippen LogP) is 8.70. The lowest BCUT2D eigenvalue weighted by molar-refractivity contribution is 0.0175. The number of alkyl halides is 2. The number of aromatic nitrogens is 1. The van der Waals surface area contributed by atoms with Crippen LogP contribution in [0.15, 0.2) is 73.1 Å². The van der Waals surface area contributed by atoms with Crippen molar-refractivity contribution in [2.75, 3.05) is 10.2 Å². The fraction of sp³-hybridized carbons (Fsp3) is 0.367. The Morgan fingerprint density at radius 3 is 2.37 bits per heavy atom. The molecule has 0 bridgehead atoms. The van der Waals surface area contributed by atoms with E-state index in [0.717, 1.165) is 55.5 Å². The van der Waals surface area contributed by atoms with E-state index in [1.807, 2.05) is 25.1 Å². The molecule has 1 N–H and O–H groups in total. The molecule has 0 spiro atoms. The fourth-order valence-electron chi connectivity index (χ4n) is 4.30. The largest absolute Gasteiger partial charge is 0.342 e. The van der Waals surface area contributed by atoms with Crippen molar-refractivity contribution in [3.63, 3.8) is 0 Å². The fourth-order valence-corrected chi connectivity index (χ4v) is 4.30. The zero-order valence-electron chi connectivity index (χ0n) is 21.5. The van der Waals surface area contributed by atoms with Gasteiger partial charge in [0.15, 0.2) is 0 Å². The Morgan fingerprint density at radius 1 is 1.06 bits per heavy atom. The summed E-state index contributed by atoms with van der Waals surface area (Å²) in [6.07, 6.45) is 3.92. The van der Waals surface area contributed by atoms with E-state index in [4.69, 9.17) is 4.98 Å². The van der Waals surface area contributed by atoms with Gasteiger partial charge in [0.1, 0.15) is 11.6 Å². The van der Waals surface area contributed by atoms with E-state index >= 15 is 0 Å². The van der Waals surface area contributed by atoms with E-state index < -0.39 is 5.92 Å². The number of benzene rings is 2. The third kappa shape index (κ3) is 6.47. The van der Waals surface area contributed by atoms with Crippen LogP contribution in [0.4, 0.5) is 20.3 Å². The van der Waals surface area contributed by atoms with Crippen LogP contribution in [0.25, 0.3) is 11.3 Å². The van der Waals surface area contributed by atoms with E-state index in [9.17, 15) is 8.78 Å². The van der Waals surface area contributed by atoms with Crippen molar-refractivity contribution in [2.24, 2.45) is 0 Å². The van der Waals surface area contributed by atoms with Crippen LogP contribution in [0, 0.1) is 6.92 Å². The minimum atomic E-state index is -2.91. The molecule has 0 amide bonds. The molecule has 3 rings (SSSR count). The highest BCUT2D eigenvalue weighted by molar-refractivity contribution is 5.66. The minimum Gasteiger partial charge on any atom is -0.342 e. The van der Waals surface area contributed by atoms with Gasteiger partial charge in [-0.25, -0.2) is 13.8 Å². The zero-order chi connectivity index (χ0) is 25.6. The van der Waals surface area contributed by atoms with Gasteiger partial charge in [-0.2, -0.15) is 0 Å². The van der Waals surface area contributed by atoms with Gasteiger partial charge in [-0.15, -0.1) is 0 Å². The van der Waals surface area contributed by atoms with Crippen molar-refractivity contribution in [3.8, 4) is 11.3 Å². The van der Waals surface area contributed by atoms with Gasteiger partial charge >= 0.3 is 0 Å². The second kappa shape index (κ2) is 11.5. The van der Waals surface area contributed by atoms with Crippen LogP contribution in [-0.4, -0.2) is 11.0 Å². The van der Waals surface area contributed by atoms with E-state index in [1.165, 1.54) is 17.7 Å². The van der Waals surface area contributed by atoms with Crippen molar-refractivity contribution in [1.82, 2.24) is 4.98 Å². The summed E-state index contributed by atoms with van der Waals surface area (Å²) < 4.78 is 27.9. The van der Waals surface area contributed by atoms with Gasteiger partial charge in [-0.3, -0.25) is 0 Å². The Kier molecular flexibility index (Phi) is 8.66. The van der Waals surface area contributed by atoms with Gasteiger partial charge in [-0.05, 0) is 61.6 Å². The van der Waals surface area contributed by atoms with Crippen LogP contribution in [0.1, 0.15) is 63.6 Å². The molecule has 0 fully saturated rings. The highest BCUT2D eigenvalue weighted by atomic mass is 19.3. The molecular formula is C30H37F2N3. The molecule has 5 heteroatoms. The average molecular weight is 478 g/mol. The first-order chi connectivity index (χ1) is 16.7. The number of halogens is 2. The van der Waals surface area contributed by atoms with Crippen molar-refractivity contribution in [1.29, 1.82) is 0 Å². The second-order valence-corrected chi connectivity index (χ2v) is 9.15. The van der Waals surface area contributed by atoms with Crippen LogP contribution in [0.3, 0.4) is 0 Å². The number of nitrogens with one attached hydrogen (secondary N) is 1. The summed E-state index contributed by atoms with van der Waals surface area (Å²) >= 11 is 0. The molecule has 1 heterocycles. The molecule has 0 aliphatic rings. The Morgan fingerprint density at radius 2 is 1.77 bits per heavy atom. The molecule has 1 aromatic heterocycles. The van der Waals surface area contributed by atoms with Gasteiger partial charge in [-0.1, -0.05) is 70.2 Å². The molecule has 2 aromatic carbocycles. The third-order valence-electron chi connectivity index (χ3n) is 6.36. The lowest BCUT2D eigenvalue weighted by Crippen LogP contribution is -2.37. The first kappa shape index (κ1) is 26.4. The monoisotopic (exact) mass is 477 g/mol. The number of aryl methyl sites for hydroxylation is 2. The summed E-state index contributed by atoms with van der Waals surface area (Å²) in [6.45, 7) is 13.8. The normalized spacial score (nSPS) is 12.3. The van der Waals surface area contributed by atoms with Gasteiger partial charge in [0, 0.05) is 29.8 Å². The molecule has 0 aliphatic heterocycles. The molecule has 0 saturated heterocycles. The van der Waals surface area contributed by atoms with Crippen molar-refractivity contribution in [3.05, 3.63) is 89.8 Å². The molecular weight excluding hydrogens is 440 g/mol. The quantitative estimate of drug-likeness (QED) is 0.299. The Labute approximate surface area is 208 Å². The number of hydrogen-bond donors (Lipinski definition) is 1. The number of rotatable bonds is 11. The Bertz CT molecular complexity index is 1130. The Balaban J connectivity index is 2.03. The molecule has 0 radical (unpaired) electrons. The lowest BCUT2D eigenvalue weighted by Gasteiger charge is -2.35. The molecule has 35 heavy (non-hydrogen) atoms. The molecule has 186 valence electrons. The molecule has 1 atom stereocenters. The number of hydrogen-bond acceptors (Lipinski definition) is 3.